The molecule has 36 heavy (non-hydrogen) atoms. The molecule has 1 fully saturated rings. The Morgan fingerprint density at radius 1 is 1.14 bits per heavy atom. The Morgan fingerprint density at radius 2 is 1.89 bits per heavy atom. The van der Waals surface area contributed by atoms with Gasteiger partial charge in [0.15, 0.2) is 17.0 Å². The van der Waals surface area contributed by atoms with Crippen molar-refractivity contribution in [2.45, 2.75) is 12.0 Å². The molecule has 186 valence electrons. The minimum atomic E-state index is -1.82. The second-order valence-corrected chi connectivity index (χ2v) is 8.65. The van der Waals surface area contributed by atoms with Crippen LogP contribution >= 0.6 is 0 Å². The van der Waals surface area contributed by atoms with Gasteiger partial charge in [-0.25, -0.2) is 0 Å². The number of methoxy groups -OCH3 is 1. The number of aliphatic hydroxyl groups is 1. The number of benzene rings is 2. The Bertz CT molecular complexity index is 1300. The van der Waals surface area contributed by atoms with E-state index in [0.717, 1.165) is 0 Å². The van der Waals surface area contributed by atoms with Gasteiger partial charge < -0.3 is 29.1 Å². The van der Waals surface area contributed by atoms with Crippen molar-refractivity contribution in [2.24, 2.45) is 0 Å². The summed E-state index contributed by atoms with van der Waals surface area (Å²) < 4.78 is 16.3. The highest BCUT2D eigenvalue weighted by molar-refractivity contribution is 6.50. The van der Waals surface area contributed by atoms with E-state index in [1.165, 1.54) is 16.9 Å². The highest BCUT2D eigenvalue weighted by atomic mass is 16.6. The predicted octanol–water partition coefficient (Wildman–Crippen LogP) is 2.60. The number of amides is 2. The number of para-hydroxylation sites is 1. The topological polar surface area (TPSA) is 106 Å². The monoisotopic (exact) mass is 490 g/mol. The highest BCUT2D eigenvalue weighted by Gasteiger charge is 2.66. The SMILES string of the molecule is C=CCN1C(=O)[C@]2(C(=C(O)c3ccc4c(c3)OCCO4)C(=O)C(=O)N2CCCOC)c2ccccc21. The maximum atomic E-state index is 14.2. The molecule has 2 amide bonds. The van der Waals surface area contributed by atoms with Crippen molar-refractivity contribution in [3.63, 3.8) is 0 Å². The van der Waals surface area contributed by atoms with Crippen molar-refractivity contribution in [2.75, 3.05) is 44.9 Å². The molecule has 1 saturated heterocycles. The largest absolute Gasteiger partial charge is 0.507 e. The van der Waals surface area contributed by atoms with Gasteiger partial charge in [-0.15, -0.1) is 6.58 Å². The molecule has 9 nitrogen and oxygen atoms in total. The quantitative estimate of drug-likeness (QED) is 0.209. The predicted molar refractivity (Wildman–Crippen MR) is 131 cm³/mol. The molecular weight excluding hydrogens is 464 g/mol. The van der Waals surface area contributed by atoms with Crippen molar-refractivity contribution in [3.8, 4) is 11.5 Å². The lowest BCUT2D eigenvalue weighted by Crippen LogP contribution is -2.52. The number of anilines is 1. The maximum absolute atomic E-state index is 14.2. The second kappa shape index (κ2) is 9.16. The molecule has 3 aliphatic heterocycles. The Labute approximate surface area is 208 Å². The Hall–Kier alpha value is -4.11. The van der Waals surface area contributed by atoms with Gasteiger partial charge in [-0.3, -0.25) is 14.4 Å². The molecule has 3 heterocycles. The fourth-order valence-corrected chi connectivity index (χ4v) is 5.18. The van der Waals surface area contributed by atoms with E-state index < -0.39 is 28.9 Å². The molecule has 9 heteroatoms. The van der Waals surface area contributed by atoms with Gasteiger partial charge in [0.2, 0.25) is 0 Å². The van der Waals surface area contributed by atoms with Crippen molar-refractivity contribution < 1.29 is 33.7 Å². The first-order valence-corrected chi connectivity index (χ1v) is 11.7. The third kappa shape index (κ3) is 3.30. The minimum absolute atomic E-state index is 0.0817. The van der Waals surface area contributed by atoms with Crippen LogP contribution in [-0.2, 0) is 24.7 Å². The third-order valence-corrected chi connectivity index (χ3v) is 6.67. The van der Waals surface area contributed by atoms with Crippen LogP contribution in [0.25, 0.3) is 5.76 Å². The van der Waals surface area contributed by atoms with E-state index in [2.05, 4.69) is 6.58 Å². The molecule has 0 saturated carbocycles. The number of hydrogen-bond acceptors (Lipinski definition) is 7. The molecule has 0 unspecified atom stereocenters. The first-order chi connectivity index (χ1) is 17.5. The molecule has 0 radical (unpaired) electrons. The molecule has 0 bridgehead atoms. The number of ketones is 1. The molecule has 1 N–H and O–H groups in total. The zero-order valence-corrected chi connectivity index (χ0v) is 19.9. The van der Waals surface area contributed by atoms with Crippen LogP contribution < -0.4 is 14.4 Å². The molecule has 2 aromatic carbocycles. The standard InChI is InChI=1S/C27H26N2O7/c1-3-11-28-19-8-5-4-7-18(19)27(26(28)33)22(24(31)25(32)29(27)12-6-13-34-2)23(30)17-9-10-20-21(16-17)36-15-14-35-20/h3-5,7-10,16,30H,1,6,11-15H2,2H3/t27-/m1/s1. The lowest BCUT2D eigenvalue weighted by molar-refractivity contribution is -0.143. The number of ether oxygens (including phenoxy) is 3. The molecule has 0 aromatic heterocycles. The van der Waals surface area contributed by atoms with Gasteiger partial charge in [0, 0.05) is 37.9 Å². The fourth-order valence-electron chi connectivity index (χ4n) is 5.18. The molecular formula is C27H26N2O7. The lowest BCUT2D eigenvalue weighted by atomic mass is 9.81. The van der Waals surface area contributed by atoms with E-state index in [1.807, 2.05) is 0 Å². The summed E-state index contributed by atoms with van der Waals surface area (Å²) in [6.45, 7) is 5.07. The number of likely N-dealkylation sites (tertiary alicyclic amines) is 1. The van der Waals surface area contributed by atoms with E-state index in [9.17, 15) is 19.5 Å². The smallest absolute Gasteiger partial charge is 0.296 e. The summed E-state index contributed by atoms with van der Waals surface area (Å²) in [4.78, 5) is 43.9. The number of carbonyl (C=O) groups is 3. The summed E-state index contributed by atoms with van der Waals surface area (Å²) in [6.07, 6.45) is 1.97. The van der Waals surface area contributed by atoms with Crippen molar-refractivity contribution in [3.05, 3.63) is 71.8 Å². The minimum Gasteiger partial charge on any atom is -0.507 e. The summed E-state index contributed by atoms with van der Waals surface area (Å²) in [5.74, 6) is -1.83. The van der Waals surface area contributed by atoms with Gasteiger partial charge in [0.25, 0.3) is 17.6 Å². The number of nitrogens with zero attached hydrogens (tertiary/aromatic N) is 2. The van der Waals surface area contributed by atoms with Crippen molar-refractivity contribution in [1.29, 1.82) is 0 Å². The number of carbonyl (C=O) groups excluding carboxylic acids is 3. The van der Waals surface area contributed by atoms with E-state index in [1.54, 1.807) is 48.5 Å². The Balaban J connectivity index is 1.76. The van der Waals surface area contributed by atoms with Crippen molar-refractivity contribution >= 4 is 29.0 Å². The maximum Gasteiger partial charge on any atom is 0.296 e. The lowest BCUT2D eigenvalue weighted by Gasteiger charge is -2.34. The molecule has 3 aliphatic rings. The molecule has 1 spiro atoms. The van der Waals surface area contributed by atoms with Crippen molar-refractivity contribution in [1.82, 2.24) is 4.90 Å². The van der Waals surface area contributed by atoms with Gasteiger partial charge >= 0.3 is 0 Å². The molecule has 2 aromatic rings. The number of Topliss-reactive ketones (excluding diaryl/α,β-unsaturated/α-hetero) is 1. The first kappa shape index (κ1) is 23.6. The van der Waals surface area contributed by atoms with Crippen LogP contribution in [0.4, 0.5) is 5.69 Å². The van der Waals surface area contributed by atoms with E-state index in [4.69, 9.17) is 14.2 Å². The van der Waals surface area contributed by atoms with Crippen LogP contribution in [0.3, 0.4) is 0 Å². The molecule has 5 rings (SSSR count). The van der Waals surface area contributed by atoms with Crippen LogP contribution in [-0.4, -0.2) is 67.6 Å². The molecule has 1 atom stereocenters. The van der Waals surface area contributed by atoms with Gasteiger partial charge in [-0.2, -0.15) is 0 Å². The highest BCUT2D eigenvalue weighted by Crippen LogP contribution is 2.53. The average molecular weight is 491 g/mol. The normalized spacial score (nSPS) is 21.9. The van der Waals surface area contributed by atoms with Crippen LogP contribution in [0, 0.1) is 0 Å². The van der Waals surface area contributed by atoms with E-state index in [-0.39, 0.29) is 24.2 Å². The van der Waals surface area contributed by atoms with Crippen LogP contribution in [0.5, 0.6) is 11.5 Å². The third-order valence-electron chi connectivity index (χ3n) is 6.67. The summed E-state index contributed by atoms with van der Waals surface area (Å²) in [6, 6.07) is 11.7. The van der Waals surface area contributed by atoms with Crippen LogP contribution in [0.1, 0.15) is 17.5 Å². The Kier molecular flexibility index (Phi) is 6.01. The summed E-state index contributed by atoms with van der Waals surface area (Å²) >= 11 is 0. The van der Waals surface area contributed by atoms with Crippen LogP contribution in [0.2, 0.25) is 0 Å². The summed E-state index contributed by atoms with van der Waals surface area (Å²) in [5, 5.41) is 11.6. The fraction of sp³-hybridized carbons (Fsp3) is 0.296. The number of fused-ring (bicyclic) bond motifs is 3. The summed E-state index contributed by atoms with van der Waals surface area (Å²) in [5.41, 5.74) is -0.855. The van der Waals surface area contributed by atoms with Gasteiger partial charge in [-0.05, 0) is 30.7 Å². The zero-order valence-electron chi connectivity index (χ0n) is 19.9. The van der Waals surface area contributed by atoms with Gasteiger partial charge in [-0.1, -0.05) is 24.3 Å². The second-order valence-electron chi connectivity index (χ2n) is 8.65. The number of aliphatic hydroxyl groups excluding tert-OH is 1. The number of rotatable bonds is 7. The number of hydrogen-bond donors (Lipinski definition) is 1. The molecule has 0 aliphatic carbocycles. The zero-order chi connectivity index (χ0) is 25.4. The van der Waals surface area contributed by atoms with E-state index >= 15 is 0 Å². The van der Waals surface area contributed by atoms with Crippen LogP contribution in [0.15, 0.2) is 60.7 Å². The van der Waals surface area contributed by atoms with Gasteiger partial charge in [0.1, 0.15) is 19.0 Å². The first-order valence-electron chi connectivity index (χ1n) is 11.7. The van der Waals surface area contributed by atoms with Gasteiger partial charge in [0.05, 0.1) is 11.3 Å². The summed E-state index contributed by atoms with van der Waals surface area (Å²) in [7, 11) is 1.54. The average Bonchev–Trinajstić information content (AvgIpc) is 3.27. The van der Waals surface area contributed by atoms with E-state index in [0.29, 0.717) is 49.0 Å². The Morgan fingerprint density at radius 3 is 2.64 bits per heavy atom.